The van der Waals surface area contributed by atoms with Gasteiger partial charge in [-0.25, -0.2) is 0 Å². The number of rotatable bonds is 1. The molecule has 0 atom stereocenters. The van der Waals surface area contributed by atoms with Gasteiger partial charge in [-0.3, -0.25) is 0 Å². The minimum absolute atomic E-state index is 0.0788. The van der Waals surface area contributed by atoms with Gasteiger partial charge >= 0.3 is 0 Å². The van der Waals surface area contributed by atoms with Gasteiger partial charge in [0.05, 0.1) is 0 Å². The normalized spacial score (nSPS) is 14.4. The van der Waals surface area contributed by atoms with Crippen LogP contribution in [0.5, 0.6) is 0 Å². The van der Waals surface area contributed by atoms with Crippen LogP contribution in [0, 0.1) is 0 Å². The summed E-state index contributed by atoms with van der Waals surface area (Å²) in [5, 5.41) is 0.794. The number of halogens is 2. The molecule has 2 heteroatoms. The molecular weight excluding hydrogens is 368 g/mol. The molecule has 0 aliphatic heterocycles. The van der Waals surface area contributed by atoms with E-state index in [9.17, 15) is 0 Å². The Morgan fingerprint density at radius 2 is 1.57 bits per heavy atom. The maximum absolute atomic E-state index is 6.28. The molecule has 0 fully saturated rings. The highest BCUT2D eigenvalue weighted by Crippen LogP contribution is 2.54. The molecular formula is C21H16BrCl. The Morgan fingerprint density at radius 1 is 0.870 bits per heavy atom. The molecule has 0 nitrogen and oxygen atoms in total. The third kappa shape index (κ3) is 2.18. The first-order valence-corrected chi connectivity index (χ1v) is 8.86. The van der Waals surface area contributed by atoms with Crippen molar-refractivity contribution >= 4 is 27.5 Å². The molecule has 1 aliphatic carbocycles. The van der Waals surface area contributed by atoms with Crippen LogP contribution in [-0.4, -0.2) is 0 Å². The zero-order valence-corrected chi connectivity index (χ0v) is 15.4. The molecule has 0 aromatic heterocycles. The van der Waals surface area contributed by atoms with E-state index >= 15 is 0 Å². The zero-order chi connectivity index (χ0) is 16.2. The van der Waals surface area contributed by atoms with Crippen molar-refractivity contribution in [1.82, 2.24) is 0 Å². The SMILES string of the molecule is CC1(C)c2cc(Cl)ccc2-c2c(Br)ccc(-c3ccccc3)c21. The van der Waals surface area contributed by atoms with E-state index in [-0.39, 0.29) is 5.41 Å². The second kappa shape index (κ2) is 5.22. The Balaban J connectivity index is 2.09. The lowest BCUT2D eigenvalue weighted by atomic mass is 9.79. The lowest BCUT2D eigenvalue weighted by molar-refractivity contribution is 0.662. The van der Waals surface area contributed by atoms with E-state index in [0.717, 1.165) is 9.50 Å². The highest BCUT2D eigenvalue weighted by Gasteiger charge is 2.38. The topological polar surface area (TPSA) is 0 Å². The molecule has 0 amide bonds. The Hall–Kier alpha value is -1.57. The first kappa shape index (κ1) is 15.0. The Labute approximate surface area is 150 Å². The Morgan fingerprint density at radius 3 is 2.30 bits per heavy atom. The van der Waals surface area contributed by atoms with E-state index in [0.29, 0.717) is 0 Å². The highest BCUT2D eigenvalue weighted by atomic mass is 79.9. The first-order chi connectivity index (χ1) is 11.0. The van der Waals surface area contributed by atoms with Crippen LogP contribution >= 0.6 is 27.5 Å². The molecule has 23 heavy (non-hydrogen) atoms. The fourth-order valence-electron chi connectivity index (χ4n) is 3.73. The highest BCUT2D eigenvalue weighted by molar-refractivity contribution is 9.10. The third-order valence-corrected chi connectivity index (χ3v) is 5.68. The van der Waals surface area contributed by atoms with Gasteiger partial charge in [0.2, 0.25) is 0 Å². The maximum Gasteiger partial charge on any atom is 0.0409 e. The molecule has 0 unspecified atom stereocenters. The van der Waals surface area contributed by atoms with Crippen molar-refractivity contribution in [3.8, 4) is 22.3 Å². The fourth-order valence-corrected chi connectivity index (χ4v) is 4.45. The van der Waals surface area contributed by atoms with Crippen molar-refractivity contribution in [2.45, 2.75) is 19.3 Å². The molecule has 0 saturated heterocycles. The average molecular weight is 384 g/mol. The van der Waals surface area contributed by atoms with Gasteiger partial charge in [-0.1, -0.05) is 83.8 Å². The summed E-state index contributed by atoms with van der Waals surface area (Å²) in [5.74, 6) is 0. The van der Waals surface area contributed by atoms with E-state index < -0.39 is 0 Å². The smallest absolute Gasteiger partial charge is 0.0409 e. The molecule has 1 aliphatic rings. The second-order valence-electron chi connectivity index (χ2n) is 6.53. The number of benzene rings is 3. The van der Waals surface area contributed by atoms with Crippen LogP contribution in [0.1, 0.15) is 25.0 Å². The predicted octanol–water partition coefficient (Wildman–Crippen LogP) is 7.08. The predicted molar refractivity (Wildman–Crippen MR) is 102 cm³/mol. The summed E-state index contributed by atoms with van der Waals surface area (Å²) in [7, 11) is 0. The molecule has 0 N–H and O–H groups in total. The monoisotopic (exact) mass is 382 g/mol. The van der Waals surface area contributed by atoms with Crippen molar-refractivity contribution in [1.29, 1.82) is 0 Å². The molecule has 0 bridgehead atoms. The second-order valence-corrected chi connectivity index (χ2v) is 7.82. The molecule has 114 valence electrons. The van der Waals surface area contributed by atoms with Gasteiger partial charge in [0.1, 0.15) is 0 Å². The lowest BCUT2D eigenvalue weighted by Gasteiger charge is -2.25. The zero-order valence-electron chi connectivity index (χ0n) is 13.0. The van der Waals surface area contributed by atoms with Crippen LogP contribution in [0.4, 0.5) is 0 Å². The van der Waals surface area contributed by atoms with E-state index in [1.807, 2.05) is 6.07 Å². The fraction of sp³-hybridized carbons (Fsp3) is 0.143. The Bertz CT molecular complexity index is 911. The van der Waals surface area contributed by atoms with E-state index in [2.05, 4.69) is 84.4 Å². The van der Waals surface area contributed by atoms with Gasteiger partial charge in [0.15, 0.2) is 0 Å². The van der Waals surface area contributed by atoms with Crippen molar-refractivity contribution in [3.63, 3.8) is 0 Å². The van der Waals surface area contributed by atoms with E-state index in [1.165, 1.54) is 33.4 Å². The molecule has 3 aromatic carbocycles. The summed E-state index contributed by atoms with van der Waals surface area (Å²) in [6.45, 7) is 4.57. The Kier molecular flexibility index (Phi) is 3.40. The standard InChI is InChI=1S/C21H16BrCl/c1-21(2)17-12-14(23)8-9-16(17)19-18(22)11-10-15(20(19)21)13-6-4-3-5-7-13/h3-12H,1-2H3. The number of fused-ring (bicyclic) bond motifs is 3. The van der Waals surface area contributed by atoms with E-state index in [1.54, 1.807) is 0 Å². The van der Waals surface area contributed by atoms with Crippen LogP contribution < -0.4 is 0 Å². The lowest BCUT2D eigenvalue weighted by Crippen LogP contribution is -2.16. The van der Waals surface area contributed by atoms with Gasteiger partial charge in [-0.05, 0) is 46.0 Å². The van der Waals surface area contributed by atoms with Gasteiger partial charge in [-0.15, -0.1) is 0 Å². The molecule has 3 aromatic rings. The summed E-state index contributed by atoms with van der Waals surface area (Å²) >= 11 is 10.0. The summed E-state index contributed by atoms with van der Waals surface area (Å²) in [4.78, 5) is 0. The van der Waals surface area contributed by atoms with Crippen molar-refractivity contribution in [2.24, 2.45) is 0 Å². The van der Waals surface area contributed by atoms with Gasteiger partial charge in [0.25, 0.3) is 0 Å². The first-order valence-electron chi connectivity index (χ1n) is 7.69. The molecule has 4 rings (SSSR count). The number of hydrogen-bond donors (Lipinski definition) is 0. The average Bonchev–Trinajstić information content (AvgIpc) is 2.78. The third-order valence-electron chi connectivity index (χ3n) is 4.79. The van der Waals surface area contributed by atoms with Crippen molar-refractivity contribution in [3.05, 3.63) is 81.3 Å². The summed E-state index contributed by atoms with van der Waals surface area (Å²) in [6, 6.07) is 21.2. The van der Waals surface area contributed by atoms with Gasteiger partial charge in [0, 0.05) is 20.5 Å². The van der Waals surface area contributed by atoms with Crippen LogP contribution in [0.15, 0.2) is 65.1 Å². The largest absolute Gasteiger partial charge is 0.0843 e. The minimum atomic E-state index is -0.0788. The summed E-state index contributed by atoms with van der Waals surface area (Å²) in [6.07, 6.45) is 0. The van der Waals surface area contributed by atoms with Crippen LogP contribution in [0.2, 0.25) is 5.02 Å². The maximum atomic E-state index is 6.28. The molecule has 0 spiro atoms. The molecule has 0 heterocycles. The van der Waals surface area contributed by atoms with Crippen LogP contribution in [0.3, 0.4) is 0 Å². The van der Waals surface area contributed by atoms with Crippen molar-refractivity contribution in [2.75, 3.05) is 0 Å². The van der Waals surface area contributed by atoms with Gasteiger partial charge in [-0.2, -0.15) is 0 Å². The summed E-state index contributed by atoms with van der Waals surface area (Å²) in [5.41, 5.74) is 7.70. The number of hydrogen-bond acceptors (Lipinski definition) is 0. The van der Waals surface area contributed by atoms with E-state index in [4.69, 9.17) is 11.6 Å². The van der Waals surface area contributed by atoms with Gasteiger partial charge < -0.3 is 0 Å². The van der Waals surface area contributed by atoms with Crippen molar-refractivity contribution < 1.29 is 0 Å². The quantitative estimate of drug-likeness (QED) is 0.421. The molecule has 0 saturated carbocycles. The van der Waals surface area contributed by atoms with Crippen LogP contribution in [0.25, 0.3) is 22.3 Å². The minimum Gasteiger partial charge on any atom is -0.0843 e. The molecule has 0 radical (unpaired) electrons. The van der Waals surface area contributed by atoms with Crippen LogP contribution in [-0.2, 0) is 5.41 Å². The summed E-state index contributed by atoms with van der Waals surface area (Å²) < 4.78 is 1.14.